The highest BCUT2D eigenvalue weighted by atomic mass is 16.5. The van der Waals surface area contributed by atoms with E-state index < -0.39 is 0 Å². The van der Waals surface area contributed by atoms with Crippen LogP contribution in [-0.4, -0.2) is 44.3 Å². The van der Waals surface area contributed by atoms with Gasteiger partial charge in [0.2, 0.25) is 0 Å². The van der Waals surface area contributed by atoms with Gasteiger partial charge in [0.1, 0.15) is 5.82 Å². The largest absolute Gasteiger partial charge is 0.380 e. The number of carbonyl (C=O) groups is 1. The van der Waals surface area contributed by atoms with Crippen molar-refractivity contribution in [2.75, 3.05) is 43.6 Å². The van der Waals surface area contributed by atoms with Crippen molar-refractivity contribution in [3.05, 3.63) is 53.7 Å². The molecule has 2 aromatic rings. The molecule has 0 aliphatic carbocycles. The van der Waals surface area contributed by atoms with E-state index in [0.29, 0.717) is 31.2 Å². The first-order chi connectivity index (χ1) is 11.8. The Balaban J connectivity index is 1.79. The van der Waals surface area contributed by atoms with Crippen molar-refractivity contribution >= 4 is 17.4 Å². The molecule has 1 N–H and O–H groups in total. The van der Waals surface area contributed by atoms with E-state index in [0.717, 1.165) is 24.3 Å². The van der Waals surface area contributed by atoms with E-state index in [1.165, 1.54) is 0 Å². The number of nitrogens with one attached hydrogen (secondary N) is 1. The molecule has 126 valence electrons. The summed E-state index contributed by atoms with van der Waals surface area (Å²) in [5.74, 6) is 0.533. The Morgan fingerprint density at radius 2 is 2.12 bits per heavy atom. The molecule has 0 saturated carbocycles. The van der Waals surface area contributed by atoms with Crippen LogP contribution >= 0.6 is 0 Å². The van der Waals surface area contributed by atoms with Crippen LogP contribution in [0.25, 0.3) is 0 Å². The van der Waals surface area contributed by atoms with Crippen molar-refractivity contribution in [1.29, 1.82) is 0 Å². The molecule has 1 aromatic carbocycles. The molecule has 24 heavy (non-hydrogen) atoms. The summed E-state index contributed by atoms with van der Waals surface area (Å²) in [6.45, 7) is 3.28. The van der Waals surface area contributed by atoms with Gasteiger partial charge >= 0.3 is 0 Å². The summed E-state index contributed by atoms with van der Waals surface area (Å²) in [4.78, 5) is 19.2. The summed E-state index contributed by atoms with van der Waals surface area (Å²) in [5.41, 5.74) is 2.32. The van der Waals surface area contributed by atoms with Crippen LogP contribution in [-0.2, 0) is 16.1 Å². The topological polar surface area (TPSA) is 63.7 Å². The molecular formula is C18H21N3O3. The van der Waals surface area contributed by atoms with Crippen molar-refractivity contribution in [1.82, 2.24) is 4.98 Å². The average molecular weight is 327 g/mol. The first-order valence-corrected chi connectivity index (χ1v) is 7.95. The first kappa shape index (κ1) is 16.4. The molecule has 6 nitrogen and oxygen atoms in total. The lowest BCUT2D eigenvalue weighted by Crippen LogP contribution is -2.38. The maximum absolute atomic E-state index is 12.7. The van der Waals surface area contributed by atoms with Crippen LogP contribution in [0.15, 0.2) is 42.6 Å². The second kappa shape index (κ2) is 7.90. The van der Waals surface area contributed by atoms with Crippen LogP contribution in [0.1, 0.15) is 15.9 Å². The van der Waals surface area contributed by atoms with Crippen LogP contribution in [0.5, 0.6) is 0 Å². The molecule has 1 saturated heterocycles. The van der Waals surface area contributed by atoms with Crippen molar-refractivity contribution in [2.24, 2.45) is 0 Å². The van der Waals surface area contributed by atoms with Gasteiger partial charge in [-0.1, -0.05) is 12.1 Å². The summed E-state index contributed by atoms with van der Waals surface area (Å²) in [5, 5.41) is 2.94. The highest BCUT2D eigenvalue weighted by Crippen LogP contribution is 2.20. The van der Waals surface area contributed by atoms with Gasteiger partial charge in [0.05, 0.1) is 25.4 Å². The molecule has 0 bridgehead atoms. The van der Waals surface area contributed by atoms with Gasteiger partial charge in [0.25, 0.3) is 5.91 Å². The number of morpholine rings is 1. The number of hydrogen-bond acceptors (Lipinski definition) is 5. The number of anilines is 2. The van der Waals surface area contributed by atoms with Gasteiger partial charge in [-0.05, 0) is 29.8 Å². The standard InChI is InChI=1S/C18H21N3O3/c1-23-13-14-4-2-5-15(12-14)20-18(22)16-6-3-7-19-17(16)21-8-10-24-11-9-21/h2-7,12H,8-11,13H2,1H3,(H,20,22). The SMILES string of the molecule is COCc1cccc(NC(=O)c2cccnc2N2CCOCC2)c1. The minimum atomic E-state index is -0.167. The van der Waals surface area contributed by atoms with Crippen LogP contribution in [0.4, 0.5) is 11.5 Å². The lowest BCUT2D eigenvalue weighted by Gasteiger charge is -2.29. The zero-order valence-corrected chi connectivity index (χ0v) is 13.7. The number of aromatic nitrogens is 1. The molecule has 1 aromatic heterocycles. The Hall–Kier alpha value is -2.44. The number of benzene rings is 1. The molecule has 1 aliphatic rings. The van der Waals surface area contributed by atoms with Crippen molar-refractivity contribution in [2.45, 2.75) is 6.61 Å². The van der Waals surface area contributed by atoms with Crippen LogP contribution in [0.2, 0.25) is 0 Å². The summed E-state index contributed by atoms with van der Waals surface area (Å²) in [6, 6.07) is 11.2. The molecule has 3 rings (SSSR count). The summed E-state index contributed by atoms with van der Waals surface area (Å²) in [7, 11) is 1.65. The third-order valence-corrected chi connectivity index (χ3v) is 3.84. The van der Waals surface area contributed by atoms with Gasteiger partial charge in [-0.3, -0.25) is 4.79 Å². The minimum absolute atomic E-state index is 0.167. The number of hydrogen-bond donors (Lipinski definition) is 1. The van der Waals surface area contributed by atoms with E-state index in [-0.39, 0.29) is 5.91 Å². The van der Waals surface area contributed by atoms with E-state index in [9.17, 15) is 4.79 Å². The quantitative estimate of drug-likeness (QED) is 0.913. The van der Waals surface area contributed by atoms with Crippen molar-refractivity contribution < 1.29 is 14.3 Å². The Kier molecular flexibility index (Phi) is 5.40. The van der Waals surface area contributed by atoms with Crippen LogP contribution < -0.4 is 10.2 Å². The number of methoxy groups -OCH3 is 1. The number of carbonyl (C=O) groups excluding carboxylic acids is 1. The molecule has 1 amide bonds. The van der Waals surface area contributed by atoms with Gasteiger partial charge in [0, 0.05) is 32.1 Å². The van der Waals surface area contributed by atoms with Crippen molar-refractivity contribution in [3.63, 3.8) is 0 Å². The molecule has 0 atom stereocenters. The fourth-order valence-electron chi connectivity index (χ4n) is 2.71. The predicted molar refractivity (Wildman–Crippen MR) is 92.4 cm³/mol. The Morgan fingerprint density at radius 1 is 1.29 bits per heavy atom. The number of nitrogens with zero attached hydrogens (tertiary/aromatic N) is 2. The summed E-state index contributed by atoms with van der Waals surface area (Å²) in [6.07, 6.45) is 1.71. The average Bonchev–Trinajstić information content (AvgIpc) is 2.63. The van der Waals surface area contributed by atoms with Crippen LogP contribution in [0, 0.1) is 0 Å². The first-order valence-electron chi connectivity index (χ1n) is 7.95. The van der Waals surface area contributed by atoms with Gasteiger partial charge in [-0.15, -0.1) is 0 Å². The minimum Gasteiger partial charge on any atom is -0.380 e. The second-order valence-corrected chi connectivity index (χ2v) is 5.56. The predicted octanol–water partition coefficient (Wildman–Crippen LogP) is 2.32. The Morgan fingerprint density at radius 3 is 2.92 bits per heavy atom. The Labute approximate surface area is 141 Å². The molecular weight excluding hydrogens is 306 g/mol. The van der Waals surface area contributed by atoms with E-state index >= 15 is 0 Å². The summed E-state index contributed by atoms with van der Waals surface area (Å²) >= 11 is 0. The zero-order valence-electron chi connectivity index (χ0n) is 13.7. The molecule has 1 fully saturated rings. The Bertz CT molecular complexity index is 699. The molecule has 0 unspecified atom stereocenters. The molecule has 0 radical (unpaired) electrons. The third-order valence-electron chi connectivity index (χ3n) is 3.84. The monoisotopic (exact) mass is 327 g/mol. The maximum Gasteiger partial charge on any atom is 0.259 e. The van der Waals surface area contributed by atoms with Crippen LogP contribution in [0.3, 0.4) is 0 Å². The normalized spacial score (nSPS) is 14.5. The van der Waals surface area contributed by atoms with E-state index in [1.807, 2.05) is 24.3 Å². The highest BCUT2D eigenvalue weighted by Gasteiger charge is 2.19. The second-order valence-electron chi connectivity index (χ2n) is 5.56. The fraction of sp³-hybridized carbons (Fsp3) is 0.333. The number of ether oxygens (including phenoxy) is 2. The van der Waals surface area contributed by atoms with Gasteiger partial charge in [-0.2, -0.15) is 0 Å². The van der Waals surface area contributed by atoms with Gasteiger partial charge in [-0.25, -0.2) is 4.98 Å². The van der Waals surface area contributed by atoms with E-state index in [1.54, 1.807) is 25.4 Å². The molecule has 6 heteroatoms. The smallest absolute Gasteiger partial charge is 0.259 e. The lowest BCUT2D eigenvalue weighted by atomic mass is 10.2. The number of pyridine rings is 1. The molecule has 2 heterocycles. The fourth-order valence-corrected chi connectivity index (χ4v) is 2.71. The van der Waals surface area contributed by atoms with Crippen molar-refractivity contribution in [3.8, 4) is 0 Å². The number of rotatable bonds is 5. The van der Waals surface area contributed by atoms with E-state index in [4.69, 9.17) is 9.47 Å². The highest BCUT2D eigenvalue weighted by molar-refractivity contribution is 6.07. The van der Waals surface area contributed by atoms with E-state index in [2.05, 4.69) is 15.2 Å². The number of amides is 1. The lowest BCUT2D eigenvalue weighted by molar-refractivity contribution is 0.102. The maximum atomic E-state index is 12.7. The van der Waals surface area contributed by atoms with Gasteiger partial charge < -0.3 is 19.7 Å². The zero-order chi connectivity index (χ0) is 16.8. The molecule has 1 aliphatic heterocycles. The molecule has 0 spiro atoms. The van der Waals surface area contributed by atoms with Gasteiger partial charge in [0.15, 0.2) is 0 Å². The third kappa shape index (κ3) is 3.90. The summed E-state index contributed by atoms with van der Waals surface area (Å²) < 4.78 is 10.5.